The first kappa shape index (κ1) is 4.43. The second kappa shape index (κ2) is 1.72. The lowest BCUT2D eigenvalue weighted by Gasteiger charge is -1.91. The highest BCUT2D eigenvalue weighted by Gasteiger charge is 1.70. The molecule has 5 heavy (non-hydrogen) atoms. The Labute approximate surface area is 29.8 Å². The van der Waals surface area contributed by atoms with Gasteiger partial charge in [0.05, 0.1) is 0 Å². The van der Waals surface area contributed by atoms with Crippen LogP contribution in [0.3, 0.4) is 0 Å². The summed E-state index contributed by atoms with van der Waals surface area (Å²) in [6.45, 7) is 0. The van der Waals surface area contributed by atoms with Crippen molar-refractivity contribution in [2.75, 3.05) is 7.05 Å². The van der Waals surface area contributed by atoms with E-state index in [0.29, 0.717) is 11.5 Å². The molecule has 0 fully saturated rings. The number of carbonyl (C=O) groups excluding carboxylic acids is 1. The number of rotatable bonds is 1. The van der Waals surface area contributed by atoms with Gasteiger partial charge >= 0.3 is 0 Å². The van der Waals surface area contributed by atoms with E-state index in [4.69, 9.17) is 5.21 Å². The Morgan fingerprint density at radius 1 is 2.00 bits per heavy atom. The molecule has 30 valence electrons. The molecule has 0 unspecified atom stereocenters. The Balaban J connectivity index is 2.83. The molecule has 0 bridgehead atoms. The number of hydrogen-bond acceptors (Lipinski definition) is 2. The van der Waals surface area contributed by atoms with Gasteiger partial charge in [-0.3, -0.25) is 10.0 Å². The van der Waals surface area contributed by atoms with Crippen LogP contribution in [0.4, 0.5) is 0 Å². The molecule has 1 amide bonds. The van der Waals surface area contributed by atoms with Gasteiger partial charge in [0.2, 0.25) is 6.41 Å². The summed E-state index contributed by atoms with van der Waals surface area (Å²) >= 11 is 0. The molecule has 0 aromatic carbocycles. The lowest BCUT2D eigenvalue weighted by atomic mass is 11.2. The number of amides is 1. The zero-order valence-electron chi connectivity index (χ0n) is 2.88. The molecule has 3 heteroatoms. The first-order valence-corrected chi connectivity index (χ1v) is 1.14. The number of carbonyl (C=O) groups is 1. The number of hydroxylamine groups is 2. The standard InChI is InChI=1S/C2H5NO2/c1-3(5)2-4/h2,5H,1H3. The van der Waals surface area contributed by atoms with Crippen molar-refractivity contribution in [1.82, 2.24) is 5.06 Å². The minimum absolute atomic E-state index is 0.306. The van der Waals surface area contributed by atoms with Crippen LogP contribution < -0.4 is 0 Å². The first-order chi connectivity index (χ1) is 2.27. The molecule has 0 atom stereocenters. The second-order valence-electron chi connectivity index (χ2n) is 0.679. The van der Waals surface area contributed by atoms with Crippen LogP contribution in [0.5, 0.6) is 0 Å². The van der Waals surface area contributed by atoms with Crippen molar-refractivity contribution < 1.29 is 10.0 Å². The lowest BCUT2D eigenvalue weighted by molar-refractivity contribution is -0.143. The summed E-state index contributed by atoms with van der Waals surface area (Å²) in [4.78, 5) is 9.18. The summed E-state index contributed by atoms with van der Waals surface area (Å²) in [5, 5.41) is 8.27. The molecule has 0 aliphatic rings. The van der Waals surface area contributed by atoms with Crippen molar-refractivity contribution in [1.29, 1.82) is 0 Å². The SMILES string of the molecule is CN(O)C=O. The van der Waals surface area contributed by atoms with Gasteiger partial charge in [-0.25, -0.2) is 5.06 Å². The smallest absolute Gasteiger partial charge is 0.232 e. The van der Waals surface area contributed by atoms with E-state index in [2.05, 4.69) is 0 Å². The molecule has 0 saturated heterocycles. The fourth-order valence-corrected chi connectivity index (χ4v) is 0. The van der Waals surface area contributed by atoms with Crippen LogP contribution in [-0.2, 0) is 4.79 Å². The molecule has 0 aromatic rings. The normalized spacial score (nSPS) is 6.80. The molecule has 1 N–H and O–H groups in total. The molecular formula is C2H5NO2. The van der Waals surface area contributed by atoms with E-state index in [1.54, 1.807) is 0 Å². The van der Waals surface area contributed by atoms with Gasteiger partial charge in [0.25, 0.3) is 0 Å². The third-order valence-corrected chi connectivity index (χ3v) is 0.153. The number of hydrogen-bond donors (Lipinski definition) is 1. The maximum atomic E-state index is 9.18. The molecule has 0 saturated carbocycles. The highest BCUT2D eigenvalue weighted by atomic mass is 16.5. The predicted octanol–water partition coefficient (Wildman–Crippen LogP) is -0.536. The Hall–Kier alpha value is -0.570. The quantitative estimate of drug-likeness (QED) is 0.258. The first-order valence-electron chi connectivity index (χ1n) is 1.14. The molecule has 0 aliphatic carbocycles. The van der Waals surface area contributed by atoms with E-state index in [0.717, 1.165) is 0 Å². The minimum atomic E-state index is 0.306. The van der Waals surface area contributed by atoms with Crippen LogP contribution in [0, 0.1) is 0 Å². The minimum Gasteiger partial charge on any atom is -0.286 e. The van der Waals surface area contributed by atoms with Gasteiger partial charge in [-0.05, 0) is 0 Å². The van der Waals surface area contributed by atoms with Crippen molar-refractivity contribution in [3.63, 3.8) is 0 Å². The average Bonchev–Trinajstić information content (AvgIpc) is 1.38. The van der Waals surface area contributed by atoms with E-state index in [1.807, 2.05) is 0 Å². The second-order valence-corrected chi connectivity index (χ2v) is 0.679. The Morgan fingerprint density at radius 2 is 2.20 bits per heavy atom. The van der Waals surface area contributed by atoms with Gasteiger partial charge in [0, 0.05) is 7.05 Å². The van der Waals surface area contributed by atoms with Crippen molar-refractivity contribution in [3.05, 3.63) is 0 Å². The molecular weight excluding hydrogens is 70.0 g/mol. The highest BCUT2D eigenvalue weighted by molar-refractivity contribution is 5.43. The molecule has 0 rings (SSSR count). The van der Waals surface area contributed by atoms with Gasteiger partial charge in [-0.15, -0.1) is 0 Å². The van der Waals surface area contributed by atoms with Crippen LogP contribution in [0.15, 0.2) is 0 Å². The summed E-state index contributed by atoms with van der Waals surface area (Å²) in [7, 11) is 1.24. The van der Waals surface area contributed by atoms with Crippen LogP contribution in [-0.4, -0.2) is 23.7 Å². The van der Waals surface area contributed by atoms with Gasteiger partial charge < -0.3 is 0 Å². The third kappa shape index (κ3) is 3.43. The fraction of sp³-hybridized carbons (Fsp3) is 0.500. The largest absolute Gasteiger partial charge is 0.286 e. The Kier molecular flexibility index (Phi) is 1.53. The third-order valence-electron chi connectivity index (χ3n) is 0.153. The van der Waals surface area contributed by atoms with Gasteiger partial charge in [-0.1, -0.05) is 0 Å². The molecule has 0 heterocycles. The van der Waals surface area contributed by atoms with Crippen molar-refractivity contribution in [2.45, 2.75) is 0 Å². The summed E-state index contributed by atoms with van der Waals surface area (Å²) in [6.07, 6.45) is 0.306. The summed E-state index contributed by atoms with van der Waals surface area (Å²) in [6, 6.07) is 0. The molecule has 0 aliphatic heterocycles. The molecule has 0 radical (unpaired) electrons. The maximum Gasteiger partial charge on any atom is 0.232 e. The molecule has 3 nitrogen and oxygen atoms in total. The zero-order chi connectivity index (χ0) is 4.28. The Morgan fingerprint density at radius 3 is 2.20 bits per heavy atom. The van der Waals surface area contributed by atoms with Crippen LogP contribution in [0.1, 0.15) is 0 Å². The van der Waals surface area contributed by atoms with E-state index >= 15 is 0 Å². The van der Waals surface area contributed by atoms with Crippen molar-refractivity contribution >= 4 is 6.41 Å². The Bertz CT molecular complexity index is 34.6. The van der Waals surface area contributed by atoms with E-state index in [9.17, 15) is 4.79 Å². The summed E-state index contributed by atoms with van der Waals surface area (Å²) in [5.41, 5.74) is 0. The average molecular weight is 75.1 g/mol. The van der Waals surface area contributed by atoms with Gasteiger partial charge in [-0.2, -0.15) is 0 Å². The zero-order valence-corrected chi connectivity index (χ0v) is 2.88. The monoisotopic (exact) mass is 75.0 g/mol. The summed E-state index contributed by atoms with van der Waals surface area (Å²) in [5.74, 6) is 0. The summed E-state index contributed by atoms with van der Waals surface area (Å²) < 4.78 is 0. The fourth-order valence-electron chi connectivity index (χ4n) is 0. The number of nitrogens with zero attached hydrogens (tertiary/aromatic N) is 1. The lowest BCUT2D eigenvalue weighted by Crippen LogP contribution is -2.07. The van der Waals surface area contributed by atoms with Gasteiger partial charge in [0.1, 0.15) is 0 Å². The van der Waals surface area contributed by atoms with E-state index < -0.39 is 0 Å². The highest BCUT2D eigenvalue weighted by Crippen LogP contribution is 1.50. The predicted molar refractivity (Wildman–Crippen MR) is 15.6 cm³/mol. The van der Waals surface area contributed by atoms with Gasteiger partial charge in [0.15, 0.2) is 0 Å². The van der Waals surface area contributed by atoms with Crippen LogP contribution >= 0.6 is 0 Å². The van der Waals surface area contributed by atoms with Crippen LogP contribution in [0.2, 0.25) is 0 Å². The molecule has 0 aromatic heterocycles. The van der Waals surface area contributed by atoms with Crippen LogP contribution in [0.25, 0.3) is 0 Å². The molecule has 0 spiro atoms. The van der Waals surface area contributed by atoms with E-state index in [-0.39, 0.29) is 0 Å². The van der Waals surface area contributed by atoms with Crippen molar-refractivity contribution in [2.24, 2.45) is 0 Å². The van der Waals surface area contributed by atoms with Crippen molar-refractivity contribution in [3.8, 4) is 0 Å². The topological polar surface area (TPSA) is 40.5 Å². The maximum absolute atomic E-state index is 9.18. The van der Waals surface area contributed by atoms with E-state index in [1.165, 1.54) is 7.05 Å².